The van der Waals surface area contributed by atoms with E-state index in [0.29, 0.717) is 46.7 Å². The normalized spacial score (nSPS) is 17.9. The first-order valence-electron chi connectivity index (χ1n) is 10.3. The first-order valence-corrected chi connectivity index (χ1v) is 12.5. The first kappa shape index (κ1) is 21.5. The van der Waals surface area contributed by atoms with Crippen molar-refractivity contribution in [2.24, 2.45) is 0 Å². The van der Waals surface area contributed by atoms with Crippen LogP contribution in [0.2, 0.25) is 10.0 Å². The van der Waals surface area contributed by atoms with Crippen LogP contribution in [-0.4, -0.2) is 37.9 Å². The number of hydrogen-bond acceptors (Lipinski definition) is 4. The molecule has 3 aromatic rings. The number of sulfonamides is 1. The van der Waals surface area contributed by atoms with Gasteiger partial charge in [0.15, 0.2) is 0 Å². The van der Waals surface area contributed by atoms with E-state index in [2.05, 4.69) is 0 Å². The average molecular weight is 491 g/mol. The number of benzene rings is 3. The van der Waals surface area contributed by atoms with Gasteiger partial charge in [0.25, 0.3) is 0 Å². The molecule has 5 rings (SSSR count). The van der Waals surface area contributed by atoms with Crippen LogP contribution in [0.5, 0.6) is 0 Å². The maximum absolute atomic E-state index is 13.5. The SMILES string of the molecule is O=C1OCc2c(Cl)cccc2N1C1CCN(S(=O)(=O)c2ccc(Cl)c3ccccc23)CC1. The Morgan fingerprint density at radius 3 is 2.34 bits per heavy atom. The molecule has 0 aromatic heterocycles. The van der Waals surface area contributed by atoms with E-state index in [1.165, 1.54) is 4.31 Å². The van der Waals surface area contributed by atoms with Crippen LogP contribution in [0, 0.1) is 0 Å². The Hall–Kier alpha value is -2.32. The fourth-order valence-corrected chi connectivity index (χ4v) is 6.62. The molecule has 166 valence electrons. The molecule has 1 fully saturated rings. The largest absolute Gasteiger partial charge is 0.444 e. The lowest BCUT2D eigenvalue weighted by atomic mass is 10.0. The average Bonchev–Trinajstić information content (AvgIpc) is 2.79. The molecule has 3 aromatic carbocycles. The van der Waals surface area contributed by atoms with Gasteiger partial charge in [-0.05, 0) is 37.1 Å². The van der Waals surface area contributed by atoms with Gasteiger partial charge in [-0.15, -0.1) is 0 Å². The van der Waals surface area contributed by atoms with Gasteiger partial charge in [0, 0.05) is 45.5 Å². The van der Waals surface area contributed by atoms with E-state index in [1.807, 2.05) is 18.2 Å². The Bertz CT molecular complexity index is 1320. The highest BCUT2D eigenvalue weighted by atomic mass is 35.5. The third-order valence-electron chi connectivity index (χ3n) is 6.13. The summed E-state index contributed by atoms with van der Waals surface area (Å²) in [4.78, 5) is 14.4. The smallest absolute Gasteiger partial charge is 0.414 e. The van der Waals surface area contributed by atoms with Crippen LogP contribution in [0.1, 0.15) is 18.4 Å². The van der Waals surface area contributed by atoms with E-state index in [0.717, 1.165) is 11.3 Å². The maximum atomic E-state index is 13.5. The Morgan fingerprint density at radius 2 is 1.59 bits per heavy atom. The summed E-state index contributed by atoms with van der Waals surface area (Å²) in [6.07, 6.45) is 0.558. The maximum Gasteiger partial charge on any atom is 0.414 e. The third kappa shape index (κ3) is 3.53. The quantitative estimate of drug-likeness (QED) is 0.488. The molecule has 0 saturated carbocycles. The van der Waals surface area contributed by atoms with Crippen molar-refractivity contribution in [3.63, 3.8) is 0 Å². The summed E-state index contributed by atoms with van der Waals surface area (Å²) in [7, 11) is -3.72. The van der Waals surface area contributed by atoms with Gasteiger partial charge in [-0.1, -0.05) is 53.5 Å². The topological polar surface area (TPSA) is 66.9 Å². The lowest BCUT2D eigenvalue weighted by Crippen LogP contribution is -2.50. The number of anilines is 1. The fourth-order valence-electron chi connectivity index (χ4n) is 4.50. The van der Waals surface area contributed by atoms with E-state index in [1.54, 1.807) is 41.3 Å². The van der Waals surface area contributed by atoms with E-state index in [4.69, 9.17) is 27.9 Å². The van der Waals surface area contributed by atoms with Crippen LogP contribution < -0.4 is 4.90 Å². The molecule has 2 aliphatic heterocycles. The predicted molar refractivity (Wildman–Crippen MR) is 125 cm³/mol. The molecule has 0 bridgehead atoms. The molecule has 0 atom stereocenters. The number of rotatable bonds is 3. The number of fused-ring (bicyclic) bond motifs is 2. The van der Waals surface area contributed by atoms with Crippen LogP contribution in [0.4, 0.5) is 10.5 Å². The van der Waals surface area contributed by atoms with Gasteiger partial charge in [-0.2, -0.15) is 4.31 Å². The molecule has 2 aliphatic rings. The first-order chi connectivity index (χ1) is 15.4. The van der Waals surface area contributed by atoms with Crippen LogP contribution in [0.3, 0.4) is 0 Å². The van der Waals surface area contributed by atoms with Crippen LogP contribution >= 0.6 is 23.2 Å². The Labute approximate surface area is 196 Å². The molecule has 0 N–H and O–H groups in total. The molecule has 1 saturated heterocycles. The molecule has 0 unspecified atom stereocenters. The summed E-state index contributed by atoms with van der Waals surface area (Å²) in [6, 6.07) is 15.6. The highest BCUT2D eigenvalue weighted by molar-refractivity contribution is 7.89. The number of halogens is 2. The zero-order valence-corrected chi connectivity index (χ0v) is 19.3. The number of cyclic esters (lactones) is 1. The van der Waals surface area contributed by atoms with Crippen molar-refractivity contribution in [2.45, 2.75) is 30.4 Å². The van der Waals surface area contributed by atoms with Crippen molar-refractivity contribution < 1.29 is 17.9 Å². The highest BCUT2D eigenvalue weighted by Crippen LogP contribution is 2.37. The standard InChI is InChI=1S/C23H20Cl2N2O4S/c24-19-6-3-7-21-18(19)14-31-23(28)27(21)15-10-12-26(13-11-15)32(29,30)22-9-8-20(25)16-4-1-2-5-17(16)22/h1-9,15H,10-14H2. The second-order valence-corrected chi connectivity index (χ2v) is 10.6. The van der Waals surface area contributed by atoms with Crippen molar-refractivity contribution >= 4 is 55.8 Å². The second kappa shape index (κ2) is 8.23. The number of amides is 1. The predicted octanol–water partition coefficient (Wildman–Crippen LogP) is 5.46. The van der Waals surface area contributed by atoms with Gasteiger partial charge in [-0.3, -0.25) is 4.90 Å². The van der Waals surface area contributed by atoms with Gasteiger partial charge < -0.3 is 4.74 Å². The van der Waals surface area contributed by atoms with Crippen molar-refractivity contribution in [3.8, 4) is 0 Å². The monoisotopic (exact) mass is 490 g/mol. The molecular formula is C23H20Cl2N2O4S. The van der Waals surface area contributed by atoms with E-state index >= 15 is 0 Å². The number of nitrogens with zero attached hydrogens (tertiary/aromatic N) is 2. The minimum absolute atomic E-state index is 0.140. The molecule has 32 heavy (non-hydrogen) atoms. The van der Waals surface area contributed by atoms with Crippen LogP contribution in [0.15, 0.2) is 59.5 Å². The summed E-state index contributed by atoms with van der Waals surface area (Å²) < 4.78 is 33.7. The summed E-state index contributed by atoms with van der Waals surface area (Å²) in [5.41, 5.74) is 1.51. The Morgan fingerprint density at radius 1 is 0.875 bits per heavy atom. The second-order valence-electron chi connectivity index (χ2n) is 7.89. The molecule has 2 heterocycles. The highest BCUT2D eigenvalue weighted by Gasteiger charge is 2.38. The van der Waals surface area contributed by atoms with E-state index in [-0.39, 0.29) is 17.5 Å². The zero-order chi connectivity index (χ0) is 22.5. The minimum Gasteiger partial charge on any atom is -0.444 e. The lowest BCUT2D eigenvalue weighted by Gasteiger charge is -2.40. The van der Waals surface area contributed by atoms with Crippen molar-refractivity contribution in [1.29, 1.82) is 0 Å². The Balaban J connectivity index is 1.41. The zero-order valence-electron chi connectivity index (χ0n) is 17.0. The van der Waals surface area contributed by atoms with Crippen LogP contribution in [0.25, 0.3) is 10.8 Å². The summed E-state index contributed by atoms with van der Waals surface area (Å²) in [6.45, 7) is 0.731. The minimum atomic E-state index is -3.72. The molecule has 0 radical (unpaired) electrons. The summed E-state index contributed by atoms with van der Waals surface area (Å²) >= 11 is 12.6. The number of carbonyl (C=O) groups excluding carboxylic acids is 1. The number of carbonyl (C=O) groups is 1. The van der Waals surface area contributed by atoms with Crippen molar-refractivity contribution in [3.05, 3.63) is 70.2 Å². The van der Waals surface area contributed by atoms with Crippen LogP contribution in [-0.2, 0) is 21.4 Å². The molecule has 9 heteroatoms. The van der Waals surface area contributed by atoms with Gasteiger partial charge in [0.1, 0.15) is 6.61 Å². The van der Waals surface area contributed by atoms with E-state index in [9.17, 15) is 13.2 Å². The Kier molecular flexibility index (Phi) is 5.53. The van der Waals surface area contributed by atoms with Gasteiger partial charge in [0.2, 0.25) is 10.0 Å². The third-order valence-corrected chi connectivity index (χ3v) is 8.77. The number of ether oxygens (including phenoxy) is 1. The summed E-state index contributed by atoms with van der Waals surface area (Å²) in [5, 5.41) is 2.37. The van der Waals surface area contributed by atoms with Crippen molar-refractivity contribution in [1.82, 2.24) is 4.31 Å². The van der Waals surface area contributed by atoms with Gasteiger partial charge >= 0.3 is 6.09 Å². The molecule has 0 spiro atoms. The van der Waals surface area contributed by atoms with Gasteiger partial charge in [0.05, 0.1) is 10.6 Å². The molecular weight excluding hydrogens is 471 g/mol. The molecule has 0 aliphatic carbocycles. The summed E-state index contributed by atoms with van der Waals surface area (Å²) in [5.74, 6) is 0. The molecule has 6 nitrogen and oxygen atoms in total. The lowest BCUT2D eigenvalue weighted by molar-refractivity contribution is 0.136. The number of piperidine rings is 1. The van der Waals surface area contributed by atoms with Gasteiger partial charge in [-0.25, -0.2) is 13.2 Å². The van der Waals surface area contributed by atoms with Crippen molar-refractivity contribution in [2.75, 3.05) is 18.0 Å². The van der Waals surface area contributed by atoms with E-state index < -0.39 is 16.1 Å². The molecule has 1 amide bonds. The number of hydrogen-bond donors (Lipinski definition) is 0. The fraction of sp³-hybridized carbons (Fsp3) is 0.261.